The first-order valence-electron chi connectivity index (χ1n) is 9.74. The van der Waals surface area contributed by atoms with Crippen LogP contribution in [-0.2, 0) is 20.9 Å². The fourth-order valence-corrected chi connectivity index (χ4v) is 3.72. The van der Waals surface area contributed by atoms with Gasteiger partial charge < -0.3 is 18.6 Å². The lowest BCUT2D eigenvalue weighted by atomic mass is 10.1. The topological polar surface area (TPSA) is 85.8 Å². The van der Waals surface area contributed by atoms with E-state index in [1.165, 1.54) is 0 Å². The Balaban J connectivity index is 1.21. The van der Waals surface area contributed by atoms with Crippen molar-refractivity contribution in [3.8, 4) is 11.5 Å². The van der Waals surface area contributed by atoms with E-state index in [9.17, 15) is 9.59 Å². The molecule has 8 heteroatoms. The van der Waals surface area contributed by atoms with Crippen LogP contribution in [0.25, 0.3) is 22.5 Å². The lowest BCUT2D eigenvalue weighted by Crippen LogP contribution is -2.26. The number of carbonyl (C=O) groups excluding carboxylic acids is 2. The first-order chi connectivity index (χ1) is 15.1. The van der Waals surface area contributed by atoms with Gasteiger partial charge in [-0.25, -0.2) is 0 Å². The van der Waals surface area contributed by atoms with E-state index in [0.29, 0.717) is 27.9 Å². The molecule has 1 amide bonds. The number of esters is 1. The highest BCUT2D eigenvalue weighted by atomic mass is 35.5. The van der Waals surface area contributed by atoms with Gasteiger partial charge >= 0.3 is 5.97 Å². The van der Waals surface area contributed by atoms with E-state index in [0.717, 1.165) is 11.0 Å². The van der Waals surface area contributed by atoms with E-state index in [2.05, 4.69) is 5.16 Å². The van der Waals surface area contributed by atoms with Gasteiger partial charge in [0, 0.05) is 35.1 Å². The number of ether oxygens (including phenoxy) is 1. The van der Waals surface area contributed by atoms with E-state index in [4.69, 9.17) is 25.3 Å². The fraction of sp³-hybridized carbons (Fsp3) is 0.174. The van der Waals surface area contributed by atoms with E-state index in [1.54, 1.807) is 35.2 Å². The van der Waals surface area contributed by atoms with Gasteiger partial charge in [-0.3, -0.25) is 9.59 Å². The summed E-state index contributed by atoms with van der Waals surface area (Å²) in [6, 6.07) is 18.1. The molecule has 2 aromatic heterocycles. The number of rotatable bonds is 5. The van der Waals surface area contributed by atoms with E-state index >= 15 is 0 Å². The summed E-state index contributed by atoms with van der Waals surface area (Å²) in [6.45, 7) is 0.219. The summed E-state index contributed by atoms with van der Waals surface area (Å²) >= 11 is 5.90. The number of anilines is 1. The van der Waals surface area contributed by atoms with E-state index in [1.807, 2.05) is 30.3 Å². The quantitative estimate of drug-likeness (QED) is 0.416. The third-order valence-electron chi connectivity index (χ3n) is 5.19. The number of hydrogen-bond acceptors (Lipinski definition) is 6. The van der Waals surface area contributed by atoms with Gasteiger partial charge in [0.2, 0.25) is 11.7 Å². The van der Waals surface area contributed by atoms with Gasteiger partial charge in [0.25, 0.3) is 0 Å². The average Bonchev–Trinajstić information content (AvgIpc) is 3.50. The van der Waals surface area contributed by atoms with Crippen molar-refractivity contribution in [2.75, 3.05) is 11.4 Å². The van der Waals surface area contributed by atoms with Crippen LogP contribution in [0.3, 0.4) is 0 Å². The third-order valence-corrected chi connectivity index (χ3v) is 5.44. The summed E-state index contributed by atoms with van der Waals surface area (Å²) in [5, 5.41) is 5.49. The molecular weight excluding hydrogens is 420 g/mol. The molecule has 31 heavy (non-hydrogen) atoms. The maximum absolute atomic E-state index is 12.5. The molecule has 4 aromatic rings. The Kier molecular flexibility index (Phi) is 4.95. The van der Waals surface area contributed by atoms with E-state index < -0.39 is 11.9 Å². The highest BCUT2D eigenvalue weighted by Gasteiger charge is 2.36. The standard InChI is InChI=1S/C23H17ClN2O5/c24-16-5-7-18(8-6-16)26-12-15(10-22(26)27)23(28)29-13-17-11-21(31-25-17)20-9-14-3-1-2-4-19(14)30-20/h1-9,11,15H,10,12-13H2. The Bertz CT molecular complexity index is 1230. The van der Waals surface area contributed by atoms with Gasteiger partial charge in [-0.15, -0.1) is 0 Å². The molecule has 1 aliphatic rings. The molecule has 7 nitrogen and oxygen atoms in total. The normalized spacial score (nSPS) is 16.2. The molecule has 1 saturated heterocycles. The monoisotopic (exact) mass is 436 g/mol. The zero-order valence-corrected chi connectivity index (χ0v) is 17.0. The average molecular weight is 437 g/mol. The largest absolute Gasteiger partial charge is 0.459 e. The Morgan fingerprint density at radius 1 is 1.13 bits per heavy atom. The lowest BCUT2D eigenvalue weighted by molar-refractivity contribution is -0.149. The third kappa shape index (κ3) is 3.92. The zero-order chi connectivity index (χ0) is 21.4. The second-order valence-electron chi connectivity index (χ2n) is 7.32. The van der Waals surface area contributed by atoms with Crippen molar-refractivity contribution in [1.82, 2.24) is 5.16 Å². The van der Waals surface area contributed by atoms with E-state index in [-0.39, 0.29) is 25.5 Å². The summed E-state index contributed by atoms with van der Waals surface area (Å²) in [4.78, 5) is 26.4. The van der Waals surface area contributed by atoms with Gasteiger partial charge in [-0.2, -0.15) is 0 Å². The summed E-state index contributed by atoms with van der Waals surface area (Å²) < 4.78 is 16.5. The number of carbonyl (C=O) groups is 2. The number of amides is 1. The molecule has 0 saturated carbocycles. The predicted molar refractivity (Wildman–Crippen MR) is 113 cm³/mol. The molecule has 0 N–H and O–H groups in total. The van der Waals surface area contributed by atoms with Crippen LogP contribution in [0.5, 0.6) is 0 Å². The van der Waals surface area contributed by atoms with Crippen LogP contribution in [0.2, 0.25) is 5.02 Å². The summed E-state index contributed by atoms with van der Waals surface area (Å²) in [6.07, 6.45) is 0.102. The fourth-order valence-electron chi connectivity index (χ4n) is 3.60. The predicted octanol–water partition coefficient (Wildman–Crippen LogP) is 4.84. The second-order valence-corrected chi connectivity index (χ2v) is 7.76. The van der Waals surface area contributed by atoms with Gasteiger partial charge in [-0.1, -0.05) is 35.0 Å². The Morgan fingerprint density at radius 2 is 1.94 bits per heavy atom. The van der Waals surface area contributed by atoms with Gasteiger partial charge in [-0.05, 0) is 36.4 Å². The minimum Gasteiger partial charge on any atom is -0.459 e. The molecule has 1 atom stereocenters. The maximum atomic E-state index is 12.5. The number of aromatic nitrogens is 1. The molecule has 1 aliphatic heterocycles. The van der Waals surface area contributed by atoms with Crippen LogP contribution in [0.4, 0.5) is 5.69 Å². The first-order valence-corrected chi connectivity index (χ1v) is 10.1. The minimum atomic E-state index is -0.537. The number of fused-ring (bicyclic) bond motifs is 1. The molecule has 3 heterocycles. The maximum Gasteiger partial charge on any atom is 0.311 e. The van der Waals surface area contributed by atoms with Gasteiger partial charge in [0.05, 0.1) is 5.92 Å². The smallest absolute Gasteiger partial charge is 0.311 e. The molecule has 156 valence electrons. The number of hydrogen-bond donors (Lipinski definition) is 0. The van der Waals surface area contributed by atoms with Crippen LogP contribution in [0, 0.1) is 5.92 Å². The van der Waals surface area contributed by atoms with Gasteiger partial charge in [0.15, 0.2) is 5.76 Å². The van der Waals surface area contributed by atoms with Crippen molar-refractivity contribution in [1.29, 1.82) is 0 Å². The zero-order valence-electron chi connectivity index (χ0n) is 16.3. The second kappa shape index (κ2) is 7.92. The van der Waals surface area contributed by atoms with Crippen LogP contribution in [0.15, 0.2) is 69.6 Å². The summed E-state index contributed by atoms with van der Waals surface area (Å²) in [5.41, 5.74) is 1.91. The number of halogens is 1. The van der Waals surface area contributed by atoms with Crippen molar-refractivity contribution in [3.05, 3.63) is 71.4 Å². The molecule has 1 unspecified atom stereocenters. The number of furan rings is 1. The Hall–Kier alpha value is -3.58. The first kappa shape index (κ1) is 19.4. The number of nitrogens with zero attached hydrogens (tertiary/aromatic N) is 2. The molecule has 0 bridgehead atoms. The summed E-state index contributed by atoms with van der Waals surface area (Å²) in [7, 11) is 0. The van der Waals surface area contributed by atoms with Gasteiger partial charge in [0.1, 0.15) is 17.9 Å². The van der Waals surface area contributed by atoms with Crippen molar-refractivity contribution >= 4 is 40.1 Å². The molecule has 5 rings (SSSR count). The van der Waals surface area contributed by atoms with Crippen molar-refractivity contribution in [2.24, 2.45) is 5.92 Å². The highest BCUT2D eigenvalue weighted by Crippen LogP contribution is 2.29. The molecule has 0 spiro atoms. The van der Waals surface area contributed by atoms with Crippen molar-refractivity contribution in [2.45, 2.75) is 13.0 Å². The van der Waals surface area contributed by atoms with Crippen molar-refractivity contribution in [3.63, 3.8) is 0 Å². The minimum absolute atomic E-state index is 0.0474. The molecule has 0 aliphatic carbocycles. The van der Waals surface area contributed by atoms with Crippen LogP contribution in [0.1, 0.15) is 12.1 Å². The SMILES string of the molecule is O=C(OCc1cc(-c2cc3ccccc3o2)on1)C1CC(=O)N(c2ccc(Cl)cc2)C1. The van der Waals surface area contributed by atoms with Crippen LogP contribution < -0.4 is 4.90 Å². The Labute approximate surface area is 182 Å². The molecule has 2 aromatic carbocycles. The van der Waals surface area contributed by atoms with Crippen molar-refractivity contribution < 1.29 is 23.3 Å². The molecular formula is C23H17ClN2O5. The molecule has 0 radical (unpaired) electrons. The lowest BCUT2D eigenvalue weighted by Gasteiger charge is -2.16. The number of benzene rings is 2. The molecule has 1 fully saturated rings. The van der Waals surface area contributed by atoms with Crippen LogP contribution in [-0.4, -0.2) is 23.6 Å². The Morgan fingerprint density at radius 3 is 2.74 bits per heavy atom. The highest BCUT2D eigenvalue weighted by molar-refractivity contribution is 6.30. The van der Waals surface area contributed by atoms with Crippen LogP contribution >= 0.6 is 11.6 Å². The summed E-state index contributed by atoms with van der Waals surface area (Å²) in [5.74, 6) is -0.112. The number of para-hydroxylation sites is 1.